The van der Waals surface area contributed by atoms with Crippen LogP contribution in [0.3, 0.4) is 0 Å². The molecular weight excluding hydrogens is 234 g/mol. The summed E-state index contributed by atoms with van der Waals surface area (Å²) >= 11 is 0. The van der Waals surface area contributed by atoms with Gasteiger partial charge in [-0.25, -0.2) is 4.98 Å². The number of aryl methyl sites for hydroxylation is 1. The molecule has 0 fully saturated rings. The average molecular weight is 251 g/mol. The fourth-order valence-corrected chi connectivity index (χ4v) is 2.46. The van der Waals surface area contributed by atoms with Crippen LogP contribution in [-0.4, -0.2) is 9.55 Å². The quantitative estimate of drug-likeness (QED) is 0.759. The molecule has 3 heteroatoms. The molecule has 3 aromatic rings. The molecule has 96 valence electrons. The number of para-hydroxylation sites is 2. The van der Waals surface area contributed by atoms with E-state index in [0.29, 0.717) is 0 Å². The number of nitrogens with two attached hydrogens (primary N) is 1. The largest absolute Gasteiger partial charge is 0.322 e. The van der Waals surface area contributed by atoms with Gasteiger partial charge >= 0.3 is 0 Å². The molecule has 0 amide bonds. The van der Waals surface area contributed by atoms with Crippen molar-refractivity contribution in [1.29, 1.82) is 0 Å². The van der Waals surface area contributed by atoms with Crippen LogP contribution in [0, 0.1) is 6.92 Å². The van der Waals surface area contributed by atoms with E-state index in [0.717, 1.165) is 22.5 Å². The van der Waals surface area contributed by atoms with Crippen molar-refractivity contribution >= 4 is 11.0 Å². The summed E-state index contributed by atoms with van der Waals surface area (Å²) in [6.45, 7) is 4.07. The fraction of sp³-hybridized carbons (Fsp3) is 0.188. The van der Waals surface area contributed by atoms with E-state index in [1.807, 2.05) is 37.3 Å². The van der Waals surface area contributed by atoms with Gasteiger partial charge in [0.05, 0.1) is 17.1 Å². The molecule has 19 heavy (non-hydrogen) atoms. The minimum atomic E-state index is -0.105. The first-order chi connectivity index (χ1) is 9.18. The van der Waals surface area contributed by atoms with Crippen molar-refractivity contribution in [3.05, 3.63) is 59.9 Å². The predicted molar refractivity (Wildman–Crippen MR) is 78.4 cm³/mol. The van der Waals surface area contributed by atoms with Gasteiger partial charge < -0.3 is 5.73 Å². The molecule has 3 rings (SSSR count). The molecular formula is C16H17N3. The second kappa shape index (κ2) is 4.52. The normalized spacial score (nSPS) is 12.8. The molecule has 0 saturated heterocycles. The third-order valence-electron chi connectivity index (χ3n) is 3.33. The highest BCUT2D eigenvalue weighted by molar-refractivity contribution is 5.81. The molecule has 0 radical (unpaired) electrons. The van der Waals surface area contributed by atoms with Crippen molar-refractivity contribution in [3.8, 4) is 5.69 Å². The first-order valence-electron chi connectivity index (χ1n) is 6.47. The van der Waals surface area contributed by atoms with E-state index in [1.54, 1.807) is 0 Å². The highest BCUT2D eigenvalue weighted by atomic mass is 15.1. The van der Waals surface area contributed by atoms with Crippen LogP contribution in [-0.2, 0) is 0 Å². The molecule has 3 nitrogen and oxygen atoms in total. The second-order valence-corrected chi connectivity index (χ2v) is 4.87. The standard InChI is InChI=1S/C16H17N3/c1-11-7-6-10-14-15(11)19(16(18-14)12(2)17)13-8-4-3-5-9-13/h3-10,12H,17H2,1-2H3/t12-/m1/s1. The third kappa shape index (κ3) is 1.92. The van der Waals surface area contributed by atoms with Crippen LogP contribution in [0.5, 0.6) is 0 Å². The number of benzene rings is 2. The zero-order chi connectivity index (χ0) is 13.4. The van der Waals surface area contributed by atoms with Gasteiger partial charge in [0, 0.05) is 5.69 Å². The van der Waals surface area contributed by atoms with E-state index in [-0.39, 0.29) is 6.04 Å². The lowest BCUT2D eigenvalue weighted by atomic mass is 10.2. The summed E-state index contributed by atoms with van der Waals surface area (Å²) in [7, 11) is 0. The minimum Gasteiger partial charge on any atom is -0.322 e. The van der Waals surface area contributed by atoms with Gasteiger partial charge in [0.25, 0.3) is 0 Å². The Bertz CT molecular complexity index is 711. The van der Waals surface area contributed by atoms with E-state index >= 15 is 0 Å². The Morgan fingerprint density at radius 3 is 2.47 bits per heavy atom. The molecule has 2 N–H and O–H groups in total. The van der Waals surface area contributed by atoms with Crippen LogP contribution in [0.15, 0.2) is 48.5 Å². The Morgan fingerprint density at radius 1 is 1.05 bits per heavy atom. The van der Waals surface area contributed by atoms with Gasteiger partial charge in [-0.05, 0) is 37.6 Å². The Hall–Kier alpha value is -2.13. The Labute approximate surface area is 112 Å². The highest BCUT2D eigenvalue weighted by Gasteiger charge is 2.16. The zero-order valence-corrected chi connectivity index (χ0v) is 11.2. The number of aromatic nitrogens is 2. The molecule has 0 aliphatic carbocycles. The fourth-order valence-electron chi connectivity index (χ4n) is 2.46. The van der Waals surface area contributed by atoms with E-state index in [9.17, 15) is 0 Å². The SMILES string of the molecule is Cc1cccc2nc([C@@H](C)N)n(-c3ccccc3)c12. The van der Waals surface area contributed by atoms with Crippen LogP contribution in [0.2, 0.25) is 0 Å². The summed E-state index contributed by atoms with van der Waals surface area (Å²) < 4.78 is 2.16. The monoisotopic (exact) mass is 251 g/mol. The molecule has 2 aromatic carbocycles. The molecule has 0 unspecified atom stereocenters. The van der Waals surface area contributed by atoms with Crippen LogP contribution >= 0.6 is 0 Å². The van der Waals surface area contributed by atoms with Gasteiger partial charge in [-0.3, -0.25) is 4.57 Å². The van der Waals surface area contributed by atoms with Crippen molar-refractivity contribution in [2.24, 2.45) is 5.73 Å². The Balaban J connectivity index is 2.40. The Morgan fingerprint density at radius 2 is 1.79 bits per heavy atom. The van der Waals surface area contributed by atoms with Crippen molar-refractivity contribution in [1.82, 2.24) is 9.55 Å². The van der Waals surface area contributed by atoms with Crippen molar-refractivity contribution < 1.29 is 0 Å². The van der Waals surface area contributed by atoms with E-state index < -0.39 is 0 Å². The lowest BCUT2D eigenvalue weighted by molar-refractivity contribution is 0.727. The molecule has 0 spiro atoms. The number of nitrogens with zero attached hydrogens (tertiary/aromatic N) is 2. The zero-order valence-electron chi connectivity index (χ0n) is 11.2. The van der Waals surface area contributed by atoms with Gasteiger partial charge in [-0.15, -0.1) is 0 Å². The molecule has 0 saturated carbocycles. The van der Waals surface area contributed by atoms with Crippen LogP contribution in [0.4, 0.5) is 0 Å². The Kier molecular flexibility index (Phi) is 2.84. The van der Waals surface area contributed by atoms with Crippen molar-refractivity contribution in [2.75, 3.05) is 0 Å². The number of rotatable bonds is 2. The molecule has 0 bridgehead atoms. The molecule has 1 heterocycles. The van der Waals surface area contributed by atoms with Gasteiger partial charge in [0.15, 0.2) is 0 Å². The van der Waals surface area contributed by atoms with Crippen LogP contribution in [0.1, 0.15) is 24.4 Å². The maximum atomic E-state index is 6.08. The summed E-state index contributed by atoms with van der Waals surface area (Å²) in [5.74, 6) is 0.899. The van der Waals surface area contributed by atoms with Gasteiger partial charge in [0.2, 0.25) is 0 Å². The molecule has 0 aliphatic heterocycles. The molecule has 1 atom stereocenters. The number of fused-ring (bicyclic) bond motifs is 1. The first-order valence-corrected chi connectivity index (χ1v) is 6.47. The summed E-state index contributed by atoms with van der Waals surface area (Å²) in [6.07, 6.45) is 0. The summed E-state index contributed by atoms with van der Waals surface area (Å²) in [4.78, 5) is 4.69. The van der Waals surface area contributed by atoms with Gasteiger partial charge in [-0.1, -0.05) is 30.3 Å². The third-order valence-corrected chi connectivity index (χ3v) is 3.33. The highest BCUT2D eigenvalue weighted by Crippen LogP contribution is 2.26. The summed E-state index contributed by atoms with van der Waals surface area (Å²) in [5.41, 5.74) is 10.5. The van der Waals surface area contributed by atoms with Gasteiger partial charge in [-0.2, -0.15) is 0 Å². The first kappa shape index (κ1) is 11.9. The van der Waals surface area contributed by atoms with E-state index in [1.165, 1.54) is 5.56 Å². The van der Waals surface area contributed by atoms with E-state index in [4.69, 9.17) is 5.73 Å². The maximum absolute atomic E-state index is 6.08. The average Bonchev–Trinajstić information content (AvgIpc) is 2.81. The van der Waals surface area contributed by atoms with Crippen LogP contribution in [0.25, 0.3) is 16.7 Å². The summed E-state index contributed by atoms with van der Waals surface area (Å²) in [5, 5.41) is 0. The molecule has 0 aliphatic rings. The second-order valence-electron chi connectivity index (χ2n) is 4.87. The lowest BCUT2D eigenvalue weighted by Gasteiger charge is -2.12. The van der Waals surface area contributed by atoms with Crippen molar-refractivity contribution in [3.63, 3.8) is 0 Å². The summed E-state index contributed by atoms with van der Waals surface area (Å²) in [6, 6.07) is 16.3. The van der Waals surface area contributed by atoms with Crippen molar-refractivity contribution in [2.45, 2.75) is 19.9 Å². The molecule has 1 aromatic heterocycles. The maximum Gasteiger partial charge on any atom is 0.131 e. The number of imidazole rings is 1. The van der Waals surface area contributed by atoms with Gasteiger partial charge in [0.1, 0.15) is 5.82 Å². The minimum absolute atomic E-state index is 0.105. The predicted octanol–water partition coefficient (Wildman–Crippen LogP) is 3.35. The number of hydrogen-bond donors (Lipinski definition) is 1. The van der Waals surface area contributed by atoms with Crippen LogP contribution < -0.4 is 5.73 Å². The van der Waals surface area contributed by atoms with E-state index in [2.05, 4.69) is 34.7 Å². The lowest BCUT2D eigenvalue weighted by Crippen LogP contribution is -2.12. The smallest absolute Gasteiger partial charge is 0.131 e. The topological polar surface area (TPSA) is 43.8 Å². The number of hydrogen-bond acceptors (Lipinski definition) is 2.